The van der Waals surface area contributed by atoms with Gasteiger partial charge >= 0.3 is 0 Å². The molecule has 1 aliphatic rings. The fourth-order valence-corrected chi connectivity index (χ4v) is 3.01. The van der Waals surface area contributed by atoms with Crippen LogP contribution in [0.25, 0.3) is 0 Å². The quantitative estimate of drug-likeness (QED) is 0.879. The van der Waals surface area contributed by atoms with Gasteiger partial charge in [-0.25, -0.2) is 0 Å². The van der Waals surface area contributed by atoms with Crippen molar-refractivity contribution in [3.8, 4) is 0 Å². The lowest BCUT2D eigenvalue weighted by Crippen LogP contribution is -2.39. The Morgan fingerprint density at radius 1 is 1.41 bits per heavy atom. The third-order valence-electron chi connectivity index (χ3n) is 4.08. The third-order valence-corrected chi connectivity index (χ3v) is 4.52. The molecule has 1 aromatic heterocycles. The second-order valence-corrected chi connectivity index (χ2v) is 5.49. The Morgan fingerprint density at radius 3 is 2.53 bits per heavy atom. The summed E-state index contributed by atoms with van der Waals surface area (Å²) in [4.78, 5) is 0. The first kappa shape index (κ1) is 12.9. The summed E-state index contributed by atoms with van der Waals surface area (Å²) in [6.07, 6.45) is 5.65. The van der Waals surface area contributed by atoms with Gasteiger partial charge in [-0.15, -0.1) is 0 Å². The number of hydrogen-bond donors (Lipinski definition) is 1. The first-order valence-corrected chi connectivity index (χ1v) is 6.97. The van der Waals surface area contributed by atoms with Crippen molar-refractivity contribution >= 4 is 11.6 Å². The molecule has 1 fully saturated rings. The van der Waals surface area contributed by atoms with Crippen LogP contribution in [0.5, 0.6) is 0 Å². The van der Waals surface area contributed by atoms with E-state index in [0.29, 0.717) is 5.41 Å². The highest BCUT2D eigenvalue weighted by atomic mass is 35.5. The lowest BCUT2D eigenvalue weighted by atomic mass is 9.66. The standard InChI is InChI=1S/C13H22ClN3/c1-3-10-12(14)11(17(4-2)16-10)8-13(9-15)6-5-7-13/h3-9,15H2,1-2H3. The minimum Gasteiger partial charge on any atom is -0.330 e. The SMILES string of the molecule is CCc1nn(CC)c(CC2(CN)CCC2)c1Cl. The molecule has 0 radical (unpaired) electrons. The van der Waals surface area contributed by atoms with Crippen molar-refractivity contribution in [3.05, 3.63) is 16.4 Å². The average molecular weight is 256 g/mol. The van der Waals surface area contributed by atoms with Crippen LogP contribution in [0.3, 0.4) is 0 Å². The van der Waals surface area contributed by atoms with Crippen molar-refractivity contribution in [2.75, 3.05) is 6.54 Å². The molecular formula is C13H22ClN3. The molecule has 0 atom stereocenters. The second-order valence-electron chi connectivity index (χ2n) is 5.11. The summed E-state index contributed by atoms with van der Waals surface area (Å²) in [6, 6.07) is 0. The molecule has 0 bridgehead atoms. The van der Waals surface area contributed by atoms with E-state index in [1.807, 2.05) is 0 Å². The van der Waals surface area contributed by atoms with Crippen LogP contribution < -0.4 is 5.73 Å². The number of aryl methyl sites for hydroxylation is 2. The van der Waals surface area contributed by atoms with Gasteiger partial charge in [0.2, 0.25) is 0 Å². The Balaban J connectivity index is 2.27. The monoisotopic (exact) mass is 255 g/mol. The normalized spacial score (nSPS) is 18.1. The van der Waals surface area contributed by atoms with Crippen LogP contribution in [0.15, 0.2) is 0 Å². The van der Waals surface area contributed by atoms with Crippen LogP contribution in [-0.4, -0.2) is 16.3 Å². The zero-order valence-corrected chi connectivity index (χ0v) is 11.6. The first-order chi connectivity index (χ1) is 8.15. The van der Waals surface area contributed by atoms with Crippen LogP contribution in [0.4, 0.5) is 0 Å². The lowest BCUT2D eigenvalue weighted by Gasteiger charge is -2.41. The molecule has 0 spiro atoms. The van der Waals surface area contributed by atoms with Crippen LogP contribution >= 0.6 is 11.6 Å². The van der Waals surface area contributed by atoms with Gasteiger partial charge in [0.05, 0.1) is 16.4 Å². The number of nitrogens with zero attached hydrogens (tertiary/aromatic N) is 2. The van der Waals surface area contributed by atoms with Gasteiger partial charge in [0, 0.05) is 6.54 Å². The first-order valence-electron chi connectivity index (χ1n) is 6.60. The maximum Gasteiger partial charge on any atom is 0.0850 e. The predicted octanol–water partition coefficient (Wildman–Crippen LogP) is 2.79. The molecule has 17 heavy (non-hydrogen) atoms. The van der Waals surface area contributed by atoms with Gasteiger partial charge < -0.3 is 5.73 Å². The van der Waals surface area contributed by atoms with Gasteiger partial charge in [-0.05, 0) is 44.6 Å². The number of rotatable bonds is 5. The van der Waals surface area contributed by atoms with Gasteiger partial charge in [0.1, 0.15) is 0 Å². The molecule has 2 N–H and O–H groups in total. The van der Waals surface area contributed by atoms with E-state index in [1.54, 1.807) is 0 Å². The Labute approximate surface area is 108 Å². The highest BCUT2D eigenvalue weighted by Gasteiger charge is 2.37. The fourth-order valence-electron chi connectivity index (χ4n) is 2.67. The number of nitrogens with two attached hydrogens (primary N) is 1. The Hall–Kier alpha value is -0.540. The molecule has 2 rings (SSSR count). The largest absolute Gasteiger partial charge is 0.330 e. The smallest absolute Gasteiger partial charge is 0.0850 e. The van der Waals surface area contributed by atoms with Gasteiger partial charge in [0.25, 0.3) is 0 Å². The molecule has 1 aromatic rings. The zero-order valence-electron chi connectivity index (χ0n) is 10.8. The van der Waals surface area contributed by atoms with E-state index in [2.05, 4.69) is 23.6 Å². The van der Waals surface area contributed by atoms with E-state index >= 15 is 0 Å². The van der Waals surface area contributed by atoms with Crippen LogP contribution in [0, 0.1) is 5.41 Å². The molecule has 0 unspecified atom stereocenters. The van der Waals surface area contributed by atoms with Crippen LogP contribution in [-0.2, 0) is 19.4 Å². The maximum atomic E-state index is 6.43. The third kappa shape index (κ3) is 2.23. The van der Waals surface area contributed by atoms with E-state index in [-0.39, 0.29) is 0 Å². The summed E-state index contributed by atoms with van der Waals surface area (Å²) in [7, 11) is 0. The molecule has 1 saturated carbocycles. The van der Waals surface area contributed by atoms with E-state index in [4.69, 9.17) is 17.3 Å². The maximum absolute atomic E-state index is 6.43. The summed E-state index contributed by atoms with van der Waals surface area (Å²) >= 11 is 6.43. The summed E-state index contributed by atoms with van der Waals surface area (Å²) in [5, 5.41) is 5.44. The molecular weight excluding hydrogens is 234 g/mol. The average Bonchev–Trinajstić information content (AvgIpc) is 2.60. The predicted molar refractivity (Wildman–Crippen MR) is 71.3 cm³/mol. The van der Waals surface area contributed by atoms with E-state index in [0.717, 1.165) is 36.6 Å². The molecule has 0 amide bonds. The van der Waals surface area contributed by atoms with Crippen molar-refractivity contribution in [3.63, 3.8) is 0 Å². The van der Waals surface area contributed by atoms with Crippen molar-refractivity contribution in [2.24, 2.45) is 11.1 Å². The van der Waals surface area contributed by atoms with E-state index in [9.17, 15) is 0 Å². The summed E-state index contributed by atoms with van der Waals surface area (Å²) in [6.45, 7) is 5.86. The summed E-state index contributed by atoms with van der Waals surface area (Å²) in [5.74, 6) is 0. The molecule has 1 heterocycles. The minimum absolute atomic E-state index is 0.293. The zero-order chi connectivity index (χ0) is 12.5. The van der Waals surface area contributed by atoms with Crippen molar-refractivity contribution in [1.82, 2.24) is 9.78 Å². The highest BCUT2D eigenvalue weighted by molar-refractivity contribution is 6.31. The van der Waals surface area contributed by atoms with Crippen molar-refractivity contribution in [1.29, 1.82) is 0 Å². The molecule has 0 aromatic carbocycles. The molecule has 0 aliphatic heterocycles. The number of aromatic nitrogens is 2. The van der Waals surface area contributed by atoms with Crippen molar-refractivity contribution in [2.45, 2.75) is 52.5 Å². The highest BCUT2D eigenvalue weighted by Crippen LogP contribution is 2.44. The van der Waals surface area contributed by atoms with Gasteiger partial charge in [0.15, 0.2) is 0 Å². The van der Waals surface area contributed by atoms with Gasteiger partial charge in [-0.1, -0.05) is 24.9 Å². The Bertz CT molecular complexity index is 388. The van der Waals surface area contributed by atoms with E-state index in [1.165, 1.54) is 25.0 Å². The summed E-state index contributed by atoms with van der Waals surface area (Å²) < 4.78 is 2.05. The fraction of sp³-hybridized carbons (Fsp3) is 0.769. The Morgan fingerprint density at radius 2 is 2.12 bits per heavy atom. The van der Waals surface area contributed by atoms with Crippen LogP contribution in [0.2, 0.25) is 5.02 Å². The summed E-state index contributed by atoms with van der Waals surface area (Å²) in [5.41, 5.74) is 8.43. The molecule has 4 heteroatoms. The van der Waals surface area contributed by atoms with Gasteiger partial charge in [-0.3, -0.25) is 4.68 Å². The Kier molecular flexibility index (Phi) is 3.79. The number of halogens is 1. The molecule has 96 valence electrons. The van der Waals surface area contributed by atoms with Crippen molar-refractivity contribution < 1.29 is 0 Å². The second kappa shape index (κ2) is 4.99. The molecule has 0 saturated heterocycles. The molecule has 1 aliphatic carbocycles. The minimum atomic E-state index is 0.293. The lowest BCUT2D eigenvalue weighted by molar-refractivity contribution is 0.141. The number of hydrogen-bond acceptors (Lipinski definition) is 2. The van der Waals surface area contributed by atoms with E-state index < -0.39 is 0 Å². The van der Waals surface area contributed by atoms with Crippen LogP contribution in [0.1, 0.15) is 44.5 Å². The molecule has 3 nitrogen and oxygen atoms in total. The van der Waals surface area contributed by atoms with Gasteiger partial charge in [-0.2, -0.15) is 5.10 Å². The topological polar surface area (TPSA) is 43.8 Å².